The lowest BCUT2D eigenvalue weighted by molar-refractivity contribution is -0.602. The second-order valence-electron chi connectivity index (χ2n) is 6.31. The predicted octanol–water partition coefficient (Wildman–Crippen LogP) is 1.31. The Hall–Kier alpha value is -2.14. The van der Waals surface area contributed by atoms with Gasteiger partial charge in [0.2, 0.25) is 5.69 Å². The fourth-order valence-electron chi connectivity index (χ4n) is 3.40. The number of likely N-dealkylation sites (N-methyl/N-ethyl adjacent to an activating group) is 1. The normalized spacial score (nSPS) is 14.3. The van der Waals surface area contributed by atoms with Gasteiger partial charge in [0.05, 0.1) is 0 Å². The third kappa shape index (κ3) is 3.47. The number of allylic oxidation sites excluding steroid dienone is 1. The van der Waals surface area contributed by atoms with Gasteiger partial charge in [-0.1, -0.05) is 36.4 Å². The number of rotatable bonds is 2. The standard InChI is InChI=1S/C22H21N2.HI/c1-17-14-18(12-13-24(17)20-9-4-3-5-10-20)15-21-16-19-8-6-7-11-22(19)23(21)2;/h3-15H,16H2,1-2H3;1H/q+1;/p-1. The van der Waals surface area contributed by atoms with E-state index in [9.17, 15) is 0 Å². The van der Waals surface area contributed by atoms with E-state index in [0.717, 1.165) is 6.42 Å². The third-order valence-corrected chi connectivity index (χ3v) is 4.69. The van der Waals surface area contributed by atoms with Crippen molar-refractivity contribution in [2.24, 2.45) is 0 Å². The highest BCUT2D eigenvalue weighted by Crippen LogP contribution is 2.33. The highest BCUT2D eigenvalue weighted by Gasteiger charge is 2.20. The Bertz CT molecular complexity index is 916. The lowest BCUT2D eigenvalue weighted by Crippen LogP contribution is -3.00. The molecule has 0 atom stereocenters. The molecule has 2 aromatic carbocycles. The Balaban J connectivity index is 0.00000182. The first-order valence-corrected chi connectivity index (χ1v) is 8.32. The zero-order chi connectivity index (χ0) is 16.5. The first-order chi connectivity index (χ1) is 11.7. The summed E-state index contributed by atoms with van der Waals surface area (Å²) >= 11 is 0. The highest BCUT2D eigenvalue weighted by atomic mass is 127. The number of aryl methyl sites for hydroxylation is 1. The molecule has 0 radical (unpaired) electrons. The number of fused-ring (bicyclic) bond motifs is 1. The van der Waals surface area contributed by atoms with Gasteiger partial charge in [-0.25, -0.2) is 0 Å². The molecule has 1 aromatic heterocycles. The minimum absolute atomic E-state index is 0. The second-order valence-corrected chi connectivity index (χ2v) is 6.31. The summed E-state index contributed by atoms with van der Waals surface area (Å²) < 4.78 is 2.22. The van der Waals surface area contributed by atoms with Crippen LogP contribution in [-0.4, -0.2) is 7.05 Å². The van der Waals surface area contributed by atoms with Crippen LogP contribution in [0.5, 0.6) is 0 Å². The molecule has 0 unspecified atom stereocenters. The van der Waals surface area contributed by atoms with Gasteiger partial charge in [-0.3, -0.25) is 0 Å². The van der Waals surface area contributed by atoms with Crippen LogP contribution >= 0.6 is 0 Å². The van der Waals surface area contributed by atoms with Crippen molar-refractivity contribution < 1.29 is 28.5 Å². The summed E-state index contributed by atoms with van der Waals surface area (Å²) in [6.45, 7) is 2.15. The molecule has 0 amide bonds. The zero-order valence-electron chi connectivity index (χ0n) is 14.5. The molecule has 0 saturated heterocycles. The first kappa shape index (κ1) is 17.7. The zero-order valence-corrected chi connectivity index (χ0v) is 16.6. The fourth-order valence-corrected chi connectivity index (χ4v) is 3.40. The monoisotopic (exact) mass is 440 g/mol. The predicted molar refractivity (Wildman–Crippen MR) is 99.2 cm³/mol. The van der Waals surface area contributed by atoms with Crippen LogP contribution in [0.15, 0.2) is 78.6 Å². The molecule has 1 aliphatic rings. The number of hydrogen-bond acceptors (Lipinski definition) is 1. The van der Waals surface area contributed by atoms with Crippen molar-refractivity contribution in [2.75, 3.05) is 11.9 Å². The van der Waals surface area contributed by atoms with E-state index < -0.39 is 0 Å². The molecule has 0 spiro atoms. The summed E-state index contributed by atoms with van der Waals surface area (Å²) in [6, 6.07) is 23.5. The van der Waals surface area contributed by atoms with Crippen LogP contribution in [0, 0.1) is 6.92 Å². The van der Waals surface area contributed by atoms with Gasteiger partial charge in [0, 0.05) is 56.0 Å². The topological polar surface area (TPSA) is 7.12 Å². The Morgan fingerprint density at radius 3 is 2.40 bits per heavy atom. The largest absolute Gasteiger partial charge is 1.00 e. The number of benzene rings is 2. The summed E-state index contributed by atoms with van der Waals surface area (Å²) in [5, 5.41) is 0. The maximum absolute atomic E-state index is 2.29. The molecule has 0 N–H and O–H groups in total. The van der Waals surface area contributed by atoms with Crippen LogP contribution in [0.4, 0.5) is 5.69 Å². The summed E-state index contributed by atoms with van der Waals surface area (Å²) in [5.41, 5.74) is 7.73. The molecule has 2 heterocycles. The smallest absolute Gasteiger partial charge is 0.210 e. The van der Waals surface area contributed by atoms with Crippen LogP contribution in [0.1, 0.15) is 16.8 Å². The lowest BCUT2D eigenvalue weighted by atomic mass is 10.1. The van der Waals surface area contributed by atoms with Crippen LogP contribution in [-0.2, 0) is 6.42 Å². The number of halogens is 1. The number of aromatic nitrogens is 1. The van der Waals surface area contributed by atoms with E-state index in [1.165, 1.54) is 33.9 Å². The molecule has 1 aliphatic heterocycles. The van der Waals surface area contributed by atoms with Crippen molar-refractivity contribution in [1.82, 2.24) is 0 Å². The maximum atomic E-state index is 2.29. The number of pyridine rings is 1. The van der Waals surface area contributed by atoms with Gasteiger partial charge < -0.3 is 28.9 Å². The van der Waals surface area contributed by atoms with Gasteiger partial charge in [-0.15, -0.1) is 0 Å². The van der Waals surface area contributed by atoms with Crippen molar-refractivity contribution in [3.05, 3.63) is 95.4 Å². The second kappa shape index (κ2) is 7.40. The molecule has 25 heavy (non-hydrogen) atoms. The summed E-state index contributed by atoms with van der Waals surface area (Å²) in [6.07, 6.45) is 5.45. The van der Waals surface area contributed by atoms with Crippen molar-refractivity contribution in [1.29, 1.82) is 0 Å². The molecule has 0 saturated carbocycles. The van der Waals surface area contributed by atoms with Crippen molar-refractivity contribution in [3.8, 4) is 5.69 Å². The van der Waals surface area contributed by atoms with E-state index in [1.807, 2.05) is 6.07 Å². The van der Waals surface area contributed by atoms with E-state index >= 15 is 0 Å². The molecular formula is C22H21IN2. The molecule has 0 fully saturated rings. The van der Waals surface area contributed by atoms with Gasteiger partial charge in [0.1, 0.15) is 0 Å². The van der Waals surface area contributed by atoms with E-state index in [2.05, 4.69) is 96.4 Å². The quantitative estimate of drug-likeness (QED) is 0.431. The van der Waals surface area contributed by atoms with E-state index in [0.29, 0.717) is 0 Å². The van der Waals surface area contributed by atoms with E-state index in [-0.39, 0.29) is 24.0 Å². The molecule has 0 bridgehead atoms. The van der Waals surface area contributed by atoms with Crippen LogP contribution in [0.25, 0.3) is 11.8 Å². The lowest BCUT2D eigenvalue weighted by Gasteiger charge is -2.14. The fraction of sp³-hybridized carbons (Fsp3) is 0.136. The van der Waals surface area contributed by atoms with Crippen LogP contribution < -0.4 is 33.4 Å². The van der Waals surface area contributed by atoms with Gasteiger partial charge >= 0.3 is 0 Å². The van der Waals surface area contributed by atoms with Gasteiger partial charge in [-0.2, -0.15) is 4.57 Å². The van der Waals surface area contributed by atoms with Crippen molar-refractivity contribution >= 4 is 11.8 Å². The molecule has 3 aromatic rings. The molecule has 0 aliphatic carbocycles. The van der Waals surface area contributed by atoms with Gasteiger partial charge in [0.15, 0.2) is 11.9 Å². The number of nitrogens with zero attached hydrogens (tertiary/aromatic N) is 2. The van der Waals surface area contributed by atoms with Crippen molar-refractivity contribution in [2.45, 2.75) is 13.3 Å². The molecule has 2 nitrogen and oxygen atoms in total. The first-order valence-electron chi connectivity index (χ1n) is 8.32. The SMILES string of the molecule is Cc1cc(C=C2Cc3ccccc3N2C)cc[n+]1-c1ccccc1.[I-]. The van der Waals surface area contributed by atoms with Crippen LogP contribution in [0.3, 0.4) is 0 Å². The Morgan fingerprint density at radius 1 is 0.960 bits per heavy atom. The number of para-hydroxylation sites is 2. The van der Waals surface area contributed by atoms with Gasteiger partial charge in [0.25, 0.3) is 0 Å². The summed E-state index contributed by atoms with van der Waals surface area (Å²) in [5.74, 6) is 0. The molecule has 4 rings (SSSR count). The maximum Gasteiger partial charge on any atom is 0.210 e. The Kier molecular flexibility index (Phi) is 5.23. The Labute approximate surface area is 166 Å². The average Bonchev–Trinajstić information content (AvgIpc) is 2.92. The van der Waals surface area contributed by atoms with E-state index in [1.54, 1.807) is 0 Å². The van der Waals surface area contributed by atoms with Gasteiger partial charge in [-0.05, 0) is 23.3 Å². The van der Waals surface area contributed by atoms with Crippen molar-refractivity contribution in [3.63, 3.8) is 0 Å². The molecule has 3 heteroatoms. The van der Waals surface area contributed by atoms with Crippen LogP contribution in [0.2, 0.25) is 0 Å². The minimum Gasteiger partial charge on any atom is -1.00 e. The Morgan fingerprint density at radius 2 is 1.68 bits per heavy atom. The van der Waals surface area contributed by atoms with E-state index in [4.69, 9.17) is 0 Å². The minimum atomic E-state index is 0. The highest BCUT2D eigenvalue weighted by molar-refractivity contribution is 5.70. The third-order valence-electron chi connectivity index (χ3n) is 4.69. The number of hydrogen-bond donors (Lipinski definition) is 0. The summed E-state index contributed by atoms with van der Waals surface area (Å²) in [4.78, 5) is 2.29. The molecule has 126 valence electrons. The summed E-state index contributed by atoms with van der Waals surface area (Å²) in [7, 11) is 2.15. The molecular weight excluding hydrogens is 419 g/mol. The number of anilines is 1. The average molecular weight is 440 g/mol.